The number of carboxylic acids is 1. The molecule has 1 aromatic carbocycles. The Hall–Kier alpha value is -2.24. The largest absolute Gasteiger partial charge is 0.497 e. The molecule has 2 N–H and O–H groups in total. The Morgan fingerprint density at radius 2 is 2.04 bits per heavy atom. The van der Waals surface area contributed by atoms with Crippen molar-refractivity contribution in [2.24, 2.45) is 5.92 Å². The molecule has 0 spiro atoms. The number of amides is 1. The summed E-state index contributed by atoms with van der Waals surface area (Å²) in [5.74, 6) is -0.364. The highest BCUT2D eigenvalue weighted by molar-refractivity contribution is 5.82. The van der Waals surface area contributed by atoms with Gasteiger partial charge in [0.05, 0.1) is 32.1 Å². The molecule has 0 saturated heterocycles. The number of hydrogen-bond donors (Lipinski definition) is 2. The van der Waals surface area contributed by atoms with E-state index in [0.717, 1.165) is 12.8 Å². The molecule has 2 unspecified atom stereocenters. The molecule has 0 heterocycles. The first-order chi connectivity index (χ1) is 11.4. The molecule has 0 bridgehead atoms. The van der Waals surface area contributed by atoms with Gasteiger partial charge in [-0.25, -0.2) is 0 Å². The molecule has 0 radical (unpaired) electrons. The fourth-order valence-corrected chi connectivity index (χ4v) is 3.43. The van der Waals surface area contributed by atoms with Gasteiger partial charge in [-0.05, 0) is 38.0 Å². The number of carbonyl (C=O) groups is 2. The lowest BCUT2D eigenvalue weighted by Crippen LogP contribution is -2.55. The van der Waals surface area contributed by atoms with Crippen LogP contribution < -0.4 is 14.8 Å². The summed E-state index contributed by atoms with van der Waals surface area (Å²) in [5.41, 5.74) is -0.00609. The van der Waals surface area contributed by atoms with Crippen LogP contribution in [0.2, 0.25) is 0 Å². The maximum atomic E-state index is 12.5. The zero-order valence-electron chi connectivity index (χ0n) is 14.4. The number of hydrogen-bond acceptors (Lipinski definition) is 4. The van der Waals surface area contributed by atoms with Crippen LogP contribution >= 0.6 is 0 Å². The monoisotopic (exact) mass is 335 g/mol. The van der Waals surface area contributed by atoms with E-state index in [1.807, 2.05) is 6.92 Å². The van der Waals surface area contributed by atoms with Gasteiger partial charge in [-0.3, -0.25) is 9.59 Å². The van der Waals surface area contributed by atoms with Gasteiger partial charge < -0.3 is 19.9 Å². The summed E-state index contributed by atoms with van der Waals surface area (Å²) in [6, 6.07) is 5.28. The van der Waals surface area contributed by atoms with Crippen LogP contribution in [0.25, 0.3) is 0 Å². The van der Waals surface area contributed by atoms with Gasteiger partial charge in [-0.2, -0.15) is 0 Å². The molecule has 0 aliphatic heterocycles. The summed E-state index contributed by atoms with van der Waals surface area (Å²) < 4.78 is 10.5. The number of carbonyl (C=O) groups excluding carboxylic acids is 1. The number of carboxylic acid groups (broad SMARTS) is 1. The van der Waals surface area contributed by atoms with E-state index in [1.165, 1.54) is 0 Å². The molecule has 1 aliphatic carbocycles. The third-order valence-electron chi connectivity index (χ3n) is 4.77. The first-order valence-corrected chi connectivity index (χ1v) is 8.14. The van der Waals surface area contributed by atoms with Crippen molar-refractivity contribution < 1.29 is 24.2 Å². The van der Waals surface area contributed by atoms with E-state index in [1.54, 1.807) is 32.4 Å². The van der Waals surface area contributed by atoms with Crippen LogP contribution in [0.3, 0.4) is 0 Å². The maximum absolute atomic E-state index is 12.5. The number of rotatable bonds is 6. The molecule has 2 atom stereocenters. The second kappa shape index (κ2) is 7.55. The Kier molecular flexibility index (Phi) is 5.70. The minimum Gasteiger partial charge on any atom is -0.497 e. The second-order valence-corrected chi connectivity index (χ2v) is 6.46. The smallest absolute Gasteiger partial charge is 0.308 e. The molecule has 1 amide bonds. The van der Waals surface area contributed by atoms with Gasteiger partial charge >= 0.3 is 5.97 Å². The van der Waals surface area contributed by atoms with E-state index >= 15 is 0 Å². The average Bonchev–Trinajstić information content (AvgIpc) is 2.54. The van der Waals surface area contributed by atoms with Gasteiger partial charge in [-0.1, -0.05) is 12.8 Å². The highest BCUT2D eigenvalue weighted by Crippen LogP contribution is 2.34. The van der Waals surface area contributed by atoms with E-state index < -0.39 is 17.4 Å². The van der Waals surface area contributed by atoms with Crippen molar-refractivity contribution in [3.63, 3.8) is 0 Å². The second-order valence-electron chi connectivity index (χ2n) is 6.46. The lowest BCUT2D eigenvalue weighted by molar-refractivity contribution is -0.146. The highest BCUT2D eigenvalue weighted by Gasteiger charge is 2.42. The molecule has 2 rings (SSSR count). The maximum Gasteiger partial charge on any atom is 0.308 e. The first kappa shape index (κ1) is 18.1. The number of aliphatic carboxylic acids is 1. The van der Waals surface area contributed by atoms with Crippen LogP contribution in [0.15, 0.2) is 18.2 Å². The van der Waals surface area contributed by atoms with Crippen molar-refractivity contribution in [3.8, 4) is 11.5 Å². The van der Waals surface area contributed by atoms with Crippen LogP contribution in [-0.4, -0.2) is 36.7 Å². The van der Waals surface area contributed by atoms with Gasteiger partial charge in [0, 0.05) is 5.56 Å². The van der Waals surface area contributed by atoms with E-state index in [9.17, 15) is 14.7 Å². The molecule has 1 fully saturated rings. The molecule has 6 heteroatoms. The number of ether oxygens (including phenoxy) is 2. The average molecular weight is 335 g/mol. The third kappa shape index (κ3) is 3.99. The van der Waals surface area contributed by atoms with Crippen LogP contribution in [0.5, 0.6) is 11.5 Å². The molecule has 0 aromatic heterocycles. The topological polar surface area (TPSA) is 84.9 Å². The van der Waals surface area contributed by atoms with Crippen molar-refractivity contribution in [2.45, 2.75) is 44.6 Å². The summed E-state index contributed by atoms with van der Waals surface area (Å²) in [5, 5.41) is 12.4. The summed E-state index contributed by atoms with van der Waals surface area (Å²) in [4.78, 5) is 24.0. The number of nitrogens with one attached hydrogen (secondary N) is 1. The normalized spacial score (nSPS) is 23.4. The first-order valence-electron chi connectivity index (χ1n) is 8.14. The zero-order chi connectivity index (χ0) is 17.7. The standard InChI is InChI=1S/C18H25NO5/c1-18(9-5-4-6-14(18)17(21)22)19-16(20)11-12-10-13(23-2)7-8-15(12)24-3/h7-8,10,14H,4-6,9,11H2,1-3H3,(H,19,20)(H,21,22). The predicted octanol–water partition coefficient (Wildman–Crippen LogP) is 2.40. The molecule has 1 aromatic rings. The number of methoxy groups -OCH3 is 2. The molecule has 1 saturated carbocycles. The Balaban J connectivity index is 2.13. The van der Waals surface area contributed by atoms with E-state index in [-0.39, 0.29) is 12.3 Å². The van der Waals surface area contributed by atoms with E-state index in [2.05, 4.69) is 5.32 Å². The molecular weight excluding hydrogens is 310 g/mol. The van der Waals surface area contributed by atoms with Crippen molar-refractivity contribution in [2.75, 3.05) is 14.2 Å². The van der Waals surface area contributed by atoms with Crippen LogP contribution in [-0.2, 0) is 16.0 Å². The van der Waals surface area contributed by atoms with Crippen LogP contribution in [0, 0.1) is 5.92 Å². The summed E-state index contributed by atoms with van der Waals surface area (Å²) in [6.45, 7) is 1.83. The summed E-state index contributed by atoms with van der Waals surface area (Å²) in [7, 11) is 3.11. The summed E-state index contributed by atoms with van der Waals surface area (Å²) >= 11 is 0. The fraction of sp³-hybridized carbons (Fsp3) is 0.556. The molecule has 1 aliphatic rings. The van der Waals surface area contributed by atoms with Crippen molar-refractivity contribution in [1.29, 1.82) is 0 Å². The minimum atomic E-state index is -0.850. The van der Waals surface area contributed by atoms with Gasteiger partial charge in [0.25, 0.3) is 0 Å². The van der Waals surface area contributed by atoms with Crippen LogP contribution in [0.4, 0.5) is 0 Å². The Morgan fingerprint density at radius 3 is 2.67 bits per heavy atom. The lowest BCUT2D eigenvalue weighted by Gasteiger charge is -2.39. The molecule has 132 valence electrons. The van der Waals surface area contributed by atoms with Gasteiger partial charge in [0.2, 0.25) is 5.91 Å². The van der Waals surface area contributed by atoms with E-state index in [0.29, 0.717) is 29.9 Å². The van der Waals surface area contributed by atoms with Gasteiger partial charge in [0.15, 0.2) is 0 Å². The quantitative estimate of drug-likeness (QED) is 0.834. The van der Waals surface area contributed by atoms with Crippen molar-refractivity contribution >= 4 is 11.9 Å². The lowest BCUT2D eigenvalue weighted by atomic mass is 9.74. The molecule has 6 nitrogen and oxygen atoms in total. The highest BCUT2D eigenvalue weighted by atomic mass is 16.5. The Labute approximate surface area is 142 Å². The predicted molar refractivity (Wildman–Crippen MR) is 89.4 cm³/mol. The third-order valence-corrected chi connectivity index (χ3v) is 4.77. The van der Waals surface area contributed by atoms with Gasteiger partial charge in [-0.15, -0.1) is 0 Å². The van der Waals surface area contributed by atoms with Crippen molar-refractivity contribution in [3.05, 3.63) is 23.8 Å². The van der Waals surface area contributed by atoms with Crippen molar-refractivity contribution in [1.82, 2.24) is 5.32 Å². The zero-order valence-corrected chi connectivity index (χ0v) is 14.4. The SMILES string of the molecule is COc1ccc(OC)c(CC(=O)NC2(C)CCCCC2C(=O)O)c1. The molecule has 24 heavy (non-hydrogen) atoms. The van der Waals surface area contributed by atoms with E-state index in [4.69, 9.17) is 9.47 Å². The fourth-order valence-electron chi connectivity index (χ4n) is 3.43. The number of benzene rings is 1. The summed E-state index contributed by atoms with van der Waals surface area (Å²) in [6.07, 6.45) is 3.18. The minimum absolute atomic E-state index is 0.113. The Bertz CT molecular complexity index is 615. The molecular formula is C18H25NO5. The Morgan fingerprint density at radius 1 is 1.29 bits per heavy atom. The van der Waals surface area contributed by atoms with Crippen LogP contribution in [0.1, 0.15) is 38.2 Å². The van der Waals surface area contributed by atoms with Gasteiger partial charge in [0.1, 0.15) is 11.5 Å².